The van der Waals surface area contributed by atoms with Gasteiger partial charge in [0.15, 0.2) is 29.8 Å². The van der Waals surface area contributed by atoms with Crippen molar-refractivity contribution in [3.8, 4) is 17.2 Å². The number of hydrogen-bond acceptors (Lipinski definition) is 6. The number of hydrazine groups is 1. The van der Waals surface area contributed by atoms with Crippen molar-refractivity contribution < 1.29 is 23.8 Å². The molecule has 0 saturated heterocycles. The van der Waals surface area contributed by atoms with Crippen molar-refractivity contribution >= 4 is 56.7 Å². The fraction of sp³-hybridized carbons (Fsp3) is 0.167. The summed E-state index contributed by atoms with van der Waals surface area (Å²) in [6, 6.07) is 11.9. The quantitative estimate of drug-likeness (QED) is 0.395. The van der Waals surface area contributed by atoms with Crippen LogP contribution in [-0.2, 0) is 9.59 Å². The van der Waals surface area contributed by atoms with Gasteiger partial charge in [0.1, 0.15) is 5.75 Å². The van der Waals surface area contributed by atoms with Crippen molar-refractivity contribution in [2.45, 2.75) is 0 Å². The smallest absolute Gasteiger partial charge is 0.276 e. The molecule has 0 aromatic heterocycles. The molecule has 2 aromatic carbocycles. The van der Waals surface area contributed by atoms with Gasteiger partial charge in [-0.15, -0.1) is 0 Å². The number of para-hydroxylation sites is 2. The first kappa shape index (κ1) is 22.7. The Hall–Kier alpha value is -2.56. The molecule has 154 valence electrons. The van der Waals surface area contributed by atoms with Gasteiger partial charge >= 0.3 is 0 Å². The van der Waals surface area contributed by atoms with Gasteiger partial charge in [0, 0.05) is 4.47 Å². The molecule has 0 aliphatic carbocycles. The lowest BCUT2D eigenvalue weighted by Crippen LogP contribution is -2.50. The van der Waals surface area contributed by atoms with E-state index in [9.17, 15) is 9.59 Å². The third-order valence-corrected chi connectivity index (χ3v) is 4.24. The average Bonchev–Trinajstić information content (AvgIpc) is 2.70. The molecule has 2 amide bonds. The lowest BCUT2D eigenvalue weighted by atomic mass is 10.3. The molecule has 0 radical (unpaired) electrons. The number of rotatable bonds is 7. The summed E-state index contributed by atoms with van der Waals surface area (Å²) in [6.45, 7) is -0.594. The van der Waals surface area contributed by atoms with Crippen LogP contribution < -0.4 is 30.4 Å². The van der Waals surface area contributed by atoms with Gasteiger partial charge in [0.05, 0.1) is 12.1 Å². The zero-order valence-electron chi connectivity index (χ0n) is 15.2. The normalized spacial score (nSPS) is 9.90. The molecule has 0 unspecified atom stereocenters. The van der Waals surface area contributed by atoms with Gasteiger partial charge in [-0.25, -0.2) is 0 Å². The summed E-state index contributed by atoms with van der Waals surface area (Å²) in [6.07, 6.45) is 0. The lowest BCUT2D eigenvalue weighted by Gasteiger charge is -2.13. The molecule has 3 N–H and O–H groups in total. The van der Waals surface area contributed by atoms with Gasteiger partial charge in [-0.2, -0.15) is 0 Å². The van der Waals surface area contributed by atoms with Crippen LogP contribution in [0, 0.1) is 0 Å². The van der Waals surface area contributed by atoms with Crippen molar-refractivity contribution in [2.75, 3.05) is 20.3 Å². The maximum atomic E-state index is 11.9. The number of halogens is 2. The summed E-state index contributed by atoms with van der Waals surface area (Å²) in [5.41, 5.74) is 4.70. The molecular formula is C18H17BrClN3O5S. The minimum atomic E-state index is -0.527. The van der Waals surface area contributed by atoms with Gasteiger partial charge < -0.3 is 14.2 Å². The number of carbonyl (C=O) groups excluding carboxylic acids is 2. The monoisotopic (exact) mass is 501 g/mol. The molecule has 0 aliphatic rings. The van der Waals surface area contributed by atoms with Crippen LogP contribution in [0.25, 0.3) is 0 Å². The van der Waals surface area contributed by atoms with E-state index in [1.165, 1.54) is 7.11 Å². The molecule has 2 aromatic rings. The second-order valence-corrected chi connectivity index (χ2v) is 7.08. The molecule has 8 nitrogen and oxygen atoms in total. The second-order valence-electron chi connectivity index (χ2n) is 5.35. The average molecular weight is 503 g/mol. The number of carbonyl (C=O) groups is 2. The third kappa shape index (κ3) is 7.76. The van der Waals surface area contributed by atoms with E-state index in [1.807, 2.05) is 0 Å². The summed E-state index contributed by atoms with van der Waals surface area (Å²) in [5.74, 6) is 0.240. The van der Waals surface area contributed by atoms with Crippen LogP contribution in [0.2, 0.25) is 5.02 Å². The molecule has 0 atom stereocenters. The van der Waals surface area contributed by atoms with Crippen LogP contribution in [-0.4, -0.2) is 37.3 Å². The predicted octanol–water partition coefficient (Wildman–Crippen LogP) is 2.59. The summed E-state index contributed by atoms with van der Waals surface area (Å²) < 4.78 is 16.6. The molecule has 2 rings (SSSR count). The highest BCUT2D eigenvalue weighted by molar-refractivity contribution is 9.10. The Labute approximate surface area is 185 Å². The highest BCUT2D eigenvalue weighted by Crippen LogP contribution is 2.27. The molecule has 0 fully saturated rings. The Morgan fingerprint density at radius 3 is 2.34 bits per heavy atom. The summed E-state index contributed by atoms with van der Waals surface area (Å²) in [4.78, 5) is 23.7. The number of methoxy groups -OCH3 is 1. The standard InChI is InChI=1S/C18H17BrClN3O5S/c1-26-14-4-2-3-5-15(14)28-10-17(25)22-23-18(29)21-16(24)9-27-13-7-6-11(19)8-12(13)20/h2-8H,9-10H2,1H3,(H,22,25)(H2,21,23,24,29). The van der Waals surface area contributed by atoms with Crippen LogP contribution in [0.4, 0.5) is 0 Å². The number of ether oxygens (including phenoxy) is 3. The van der Waals surface area contributed by atoms with E-state index in [2.05, 4.69) is 32.1 Å². The minimum absolute atomic E-state index is 0.105. The number of hydrogen-bond donors (Lipinski definition) is 3. The van der Waals surface area contributed by atoms with E-state index < -0.39 is 11.8 Å². The van der Waals surface area contributed by atoms with E-state index in [4.69, 9.17) is 38.0 Å². The lowest BCUT2D eigenvalue weighted by molar-refractivity contribution is -0.124. The fourth-order valence-corrected chi connectivity index (χ4v) is 2.87. The molecule has 0 spiro atoms. The Morgan fingerprint density at radius 2 is 1.66 bits per heavy atom. The van der Waals surface area contributed by atoms with E-state index in [-0.39, 0.29) is 18.3 Å². The highest BCUT2D eigenvalue weighted by Gasteiger charge is 2.10. The van der Waals surface area contributed by atoms with E-state index >= 15 is 0 Å². The Bertz CT molecular complexity index is 900. The van der Waals surface area contributed by atoms with Crippen LogP contribution in [0.1, 0.15) is 0 Å². The van der Waals surface area contributed by atoms with Crippen LogP contribution >= 0.6 is 39.7 Å². The zero-order valence-corrected chi connectivity index (χ0v) is 18.3. The summed E-state index contributed by atoms with van der Waals surface area (Å²) in [5, 5.41) is 2.61. The Kier molecular flexibility index (Phi) is 8.97. The Balaban J connectivity index is 1.69. The van der Waals surface area contributed by atoms with Crippen molar-refractivity contribution in [1.82, 2.24) is 16.2 Å². The summed E-state index contributed by atoms with van der Waals surface area (Å²) in [7, 11) is 1.50. The number of amides is 2. The highest BCUT2D eigenvalue weighted by atomic mass is 79.9. The predicted molar refractivity (Wildman–Crippen MR) is 115 cm³/mol. The van der Waals surface area contributed by atoms with Gasteiger partial charge in [-0.1, -0.05) is 39.7 Å². The SMILES string of the molecule is COc1ccccc1OCC(=O)NNC(=S)NC(=O)COc1ccc(Br)cc1Cl. The van der Waals surface area contributed by atoms with Crippen molar-refractivity contribution in [3.63, 3.8) is 0 Å². The van der Waals surface area contributed by atoms with Crippen molar-refractivity contribution in [1.29, 1.82) is 0 Å². The maximum absolute atomic E-state index is 11.9. The maximum Gasteiger partial charge on any atom is 0.276 e. The first-order chi connectivity index (χ1) is 13.9. The first-order valence-corrected chi connectivity index (χ1v) is 9.69. The molecular weight excluding hydrogens is 486 g/mol. The van der Waals surface area contributed by atoms with Gasteiger partial charge in [-0.05, 0) is 42.5 Å². The molecule has 0 bridgehead atoms. The van der Waals surface area contributed by atoms with Gasteiger partial charge in [0.2, 0.25) is 0 Å². The van der Waals surface area contributed by atoms with Crippen LogP contribution in [0.15, 0.2) is 46.9 Å². The third-order valence-electron chi connectivity index (χ3n) is 3.25. The number of nitrogens with one attached hydrogen (secondary N) is 3. The molecule has 11 heteroatoms. The Morgan fingerprint density at radius 1 is 1.00 bits per heavy atom. The number of benzene rings is 2. The van der Waals surface area contributed by atoms with Crippen molar-refractivity contribution in [2.24, 2.45) is 0 Å². The molecule has 0 heterocycles. The van der Waals surface area contributed by atoms with E-state index in [1.54, 1.807) is 42.5 Å². The summed E-state index contributed by atoms with van der Waals surface area (Å²) >= 11 is 14.2. The van der Waals surface area contributed by atoms with Crippen LogP contribution in [0.3, 0.4) is 0 Å². The molecule has 0 saturated carbocycles. The minimum Gasteiger partial charge on any atom is -0.493 e. The largest absolute Gasteiger partial charge is 0.493 e. The van der Waals surface area contributed by atoms with Gasteiger partial charge in [-0.3, -0.25) is 25.8 Å². The van der Waals surface area contributed by atoms with Gasteiger partial charge in [0.25, 0.3) is 11.8 Å². The topological polar surface area (TPSA) is 97.9 Å². The van der Waals surface area contributed by atoms with Crippen LogP contribution in [0.5, 0.6) is 17.2 Å². The second kappa shape index (κ2) is 11.4. The molecule has 0 aliphatic heterocycles. The van der Waals surface area contributed by atoms with E-state index in [0.29, 0.717) is 22.3 Å². The fourth-order valence-electron chi connectivity index (χ4n) is 1.97. The zero-order chi connectivity index (χ0) is 21.2. The number of thiocarbonyl (C=S) groups is 1. The van der Waals surface area contributed by atoms with Crippen molar-refractivity contribution in [3.05, 3.63) is 52.0 Å². The molecule has 29 heavy (non-hydrogen) atoms. The first-order valence-electron chi connectivity index (χ1n) is 8.11. The van der Waals surface area contributed by atoms with E-state index in [0.717, 1.165) is 4.47 Å².